The lowest BCUT2D eigenvalue weighted by Gasteiger charge is -2.12. The van der Waals surface area contributed by atoms with Gasteiger partial charge in [0.15, 0.2) is 0 Å². The molecule has 0 amide bonds. The molecule has 0 radical (unpaired) electrons. The van der Waals surface area contributed by atoms with Crippen LogP contribution in [-0.4, -0.2) is 9.97 Å². The second-order valence-corrected chi connectivity index (χ2v) is 5.43. The number of benzene rings is 1. The van der Waals surface area contributed by atoms with Gasteiger partial charge >= 0.3 is 5.69 Å². The van der Waals surface area contributed by atoms with Gasteiger partial charge in [0, 0.05) is 15.6 Å². The predicted molar refractivity (Wildman–Crippen MR) is 71.3 cm³/mol. The van der Waals surface area contributed by atoms with Crippen LogP contribution in [-0.2, 0) is 0 Å². The van der Waals surface area contributed by atoms with Gasteiger partial charge < -0.3 is 4.98 Å². The van der Waals surface area contributed by atoms with E-state index in [4.69, 9.17) is 0 Å². The fraction of sp³-hybridized carbons (Fsp3) is 0.385. The zero-order valence-corrected chi connectivity index (χ0v) is 11.0. The molecule has 1 aliphatic carbocycles. The Kier molecular flexibility index (Phi) is 2.74. The third-order valence-corrected chi connectivity index (χ3v) is 4.14. The van der Waals surface area contributed by atoms with Gasteiger partial charge in [-0.1, -0.05) is 25.0 Å². The lowest BCUT2D eigenvalue weighted by molar-refractivity contribution is 0.698. The molecule has 0 aliphatic heterocycles. The van der Waals surface area contributed by atoms with Crippen molar-refractivity contribution < 1.29 is 0 Å². The average molecular weight is 293 g/mol. The molecule has 0 bridgehead atoms. The Hall–Kier alpha value is -1.16. The molecule has 1 aromatic heterocycles. The number of halogens is 1. The van der Waals surface area contributed by atoms with Gasteiger partial charge in [-0.3, -0.25) is 0 Å². The first-order chi connectivity index (χ1) is 8.25. The SMILES string of the molecule is O=c1nc2c(Br)cccc2c(C2CCCC2)[nH]1. The molecule has 17 heavy (non-hydrogen) atoms. The van der Waals surface area contributed by atoms with Crippen LogP contribution in [0.15, 0.2) is 27.5 Å². The number of aromatic nitrogens is 2. The van der Waals surface area contributed by atoms with Crippen molar-refractivity contribution in [2.45, 2.75) is 31.6 Å². The molecule has 88 valence electrons. The molecule has 1 aliphatic rings. The molecule has 1 aromatic carbocycles. The maximum absolute atomic E-state index is 11.6. The highest BCUT2D eigenvalue weighted by Crippen LogP contribution is 2.36. The Labute approximate surface area is 107 Å². The number of nitrogens with one attached hydrogen (secondary N) is 1. The minimum absolute atomic E-state index is 0.244. The molecule has 0 spiro atoms. The smallest absolute Gasteiger partial charge is 0.309 e. The van der Waals surface area contributed by atoms with E-state index in [2.05, 4.69) is 25.9 Å². The van der Waals surface area contributed by atoms with Crippen LogP contribution in [0.2, 0.25) is 0 Å². The van der Waals surface area contributed by atoms with Gasteiger partial charge in [-0.25, -0.2) is 4.79 Å². The molecule has 4 heteroatoms. The number of para-hydroxylation sites is 1. The fourth-order valence-electron chi connectivity index (χ4n) is 2.69. The first-order valence-electron chi connectivity index (χ1n) is 5.94. The van der Waals surface area contributed by atoms with E-state index in [1.807, 2.05) is 18.2 Å². The third-order valence-electron chi connectivity index (χ3n) is 3.50. The minimum Gasteiger partial charge on any atom is -0.309 e. The van der Waals surface area contributed by atoms with Crippen LogP contribution in [0.4, 0.5) is 0 Å². The molecule has 0 unspecified atom stereocenters. The van der Waals surface area contributed by atoms with Crippen molar-refractivity contribution in [2.75, 3.05) is 0 Å². The van der Waals surface area contributed by atoms with E-state index in [1.54, 1.807) is 0 Å². The number of aromatic amines is 1. The minimum atomic E-state index is -0.244. The predicted octanol–water partition coefficient (Wildman–Crippen LogP) is 3.34. The van der Waals surface area contributed by atoms with E-state index in [0.717, 1.165) is 21.1 Å². The van der Waals surface area contributed by atoms with E-state index in [-0.39, 0.29) is 5.69 Å². The first-order valence-corrected chi connectivity index (χ1v) is 6.73. The van der Waals surface area contributed by atoms with E-state index in [0.29, 0.717) is 5.92 Å². The first kappa shape index (κ1) is 11.0. The van der Waals surface area contributed by atoms with Crippen LogP contribution >= 0.6 is 15.9 Å². The van der Waals surface area contributed by atoms with Gasteiger partial charge in [-0.15, -0.1) is 0 Å². The molecule has 1 saturated carbocycles. The standard InChI is InChI=1S/C13H13BrN2O/c14-10-7-3-6-9-11(8-4-1-2-5-8)15-13(17)16-12(9)10/h3,6-8H,1-2,4-5H2,(H,15,16,17). The molecule has 1 heterocycles. The second-order valence-electron chi connectivity index (χ2n) is 4.57. The van der Waals surface area contributed by atoms with Crippen molar-refractivity contribution in [3.8, 4) is 0 Å². The van der Waals surface area contributed by atoms with Crippen molar-refractivity contribution in [3.05, 3.63) is 38.9 Å². The monoisotopic (exact) mass is 292 g/mol. The fourth-order valence-corrected chi connectivity index (χ4v) is 3.15. The second kappa shape index (κ2) is 4.26. The summed E-state index contributed by atoms with van der Waals surface area (Å²) in [6.07, 6.45) is 4.85. The van der Waals surface area contributed by atoms with Gasteiger partial charge in [0.25, 0.3) is 0 Å². The van der Waals surface area contributed by atoms with E-state index in [1.165, 1.54) is 25.7 Å². The number of nitrogens with zero attached hydrogens (tertiary/aromatic N) is 1. The number of fused-ring (bicyclic) bond motifs is 1. The van der Waals surface area contributed by atoms with Crippen LogP contribution in [0.3, 0.4) is 0 Å². The molecule has 1 fully saturated rings. The zero-order chi connectivity index (χ0) is 11.8. The van der Waals surface area contributed by atoms with Gasteiger partial charge in [0.05, 0.1) is 5.52 Å². The van der Waals surface area contributed by atoms with E-state index in [9.17, 15) is 4.79 Å². The molecule has 0 saturated heterocycles. The highest BCUT2D eigenvalue weighted by molar-refractivity contribution is 9.10. The van der Waals surface area contributed by atoms with Crippen molar-refractivity contribution in [1.82, 2.24) is 9.97 Å². The Balaban J connectivity index is 2.29. The summed E-state index contributed by atoms with van der Waals surface area (Å²) in [6.45, 7) is 0. The summed E-state index contributed by atoms with van der Waals surface area (Å²) in [4.78, 5) is 18.6. The molecular formula is C13H13BrN2O. The molecule has 3 rings (SSSR count). The number of H-pyrrole nitrogens is 1. The van der Waals surface area contributed by atoms with Gasteiger partial charge in [0.2, 0.25) is 0 Å². The summed E-state index contributed by atoms with van der Waals surface area (Å²) < 4.78 is 0.889. The molecule has 1 N–H and O–H groups in total. The van der Waals surface area contributed by atoms with Crippen LogP contribution in [0, 0.1) is 0 Å². The molecule has 0 atom stereocenters. The van der Waals surface area contributed by atoms with Crippen molar-refractivity contribution in [3.63, 3.8) is 0 Å². The zero-order valence-electron chi connectivity index (χ0n) is 9.37. The Morgan fingerprint density at radius 3 is 2.82 bits per heavy atom. The largest absolute Gasteiger partial charge is 0.345 e. The maximum atomic E-state index is 11.6. The van der Waals surface area contributed by atoms with Crippen LogP contribution < -0.4 is 5.69 Å². The van der Waals surface area contributed by atoms with Crippen molar-refractivity contribution in [1.29, 1.82) is 0 Å². The third kappa shape index (κ3) is 1.90. The van der Waals surface area contributed by atoms with Crippen LogP contribution in [0.1, 0.15) is 37.3 Å². The lowest BCUT2D eigenvalue weighted by Crippen LogP contribution is -2.15. The highest BCUT2D eigenvalue weighted by atomic mass is 79.9. The molecule has 3 nitrogen and oxygen atoms in total. The van der Waals surface area contributed by atoms with E-state index >= 15 is 0 Å². The molecule has 2 aromatic rings. The van der Waals surface area contributed by atoms with Crippen molar-refractivity contribution >= 4 is 26.8 Å². The average Bonchev–Trinajstić information content (AvgIpc) is 2.83. The van der Waals surface area contributed by atoms with Gasteiger partial charge in [0.1, 0.15) is 0 Å². The maximum Gasteiger partial charge on any atom is 0.345 e. The topological polar surface area (TPSA) is 45.8 Å². The number of rotatable bonds is 1. The summed E-state index contributed by atoms with van der Waals surface area (Å²) in [7, 11) is 0. The summed E-state index contributed by atoms with van der Waals surface area (Å²) >= 11 is 3.46. The number of hydrogen-bond donors (Lipinski definition) is 1. The summed E-state index contributed by atoms with van der Waals surface area (Å²) in [5, 5.41) is 1.07. The van der Waals surface area contributed by atoms with Crippen LogP contribution in [0.5, 0.6) is 0 Å². The normalized spacial score (nSPS) is 16.8. The quantitative estimate of drug-likeness (QED) is 0.876. The molecular weight excluding hydrogens is 280 g/mol. The van der Waals surface area contributed by atoms with Gasteiger partial charge in [-0.05, 0) is 40.8 Å². The Bertz CT molecular complexity index is 614. The van der Waals surface area contributed by atoms with Gasteiger partial charge in [-0.2, -0.15) is 4.98 Å². The van der Waals surface area contributed by atoms with Crippen LogP contribution in [0.25, 0.3) is 10.9 Å². The Morgan fingerprint density at radius 2 is 2.06 bits per heavy atom. The highest BCUT2D eigenvalue weighted by Gasteiger charge is 2.21. The summed E-state index contributed by atoms with van der Waals surface area (Å²) in [5.41, 5.74) is 1.60. The lowest BCUT2D eigenvalue weighted by atomic mass is 9.99. The summed E-state index contributed by atoms with van der Waals surface area (Å²) in [5.74, 6) is 0.488. The van der Waals surface area contributed by atoms with Crippen molar-refractivity contribution in [2.24, 2.45) is 0 Å². The van der Waals surface area contributed by atoms with E-state index < -0.39 is 0 Å². The Morgan fingerprint density at radius 1 is 1.29 bits per heavy atom. The number of hydrogen-bond acceptors (Lipinski definition) is 2. The summed E-state index contributed by atoms with van der Waals surface area (Å²) in [6, 6.07) is 5.95.